The molecule has 1 aromatic carbocycles. The fourth-order valence-corrected chi connectivity index (χ4v) is 5.41. The molecule has 0 amide bonds. The van der Waals surface area contributed by atoms with Crippen LogP contribution in [0.25, 0.3) is 0 Å². The number of benzene rings is 1. The lowest BCUT2D eigenvalue weighted by molar-refractivity contribution is 0.281. The van der Waals surface area contributed by atoms with Gasteiger partial charge in [-0.05, 0) is 24.1 Å². The minimum absolute atomic E-state index is 0.0837. The Balaban J connectivity index is 2.33. The van der Waals surface area contributed by atoms with Crippen molar-refractivity contribution < 1.29 is 13.5 Å². The average molecular weight is 350 g/mol. The van der Waals surface area contributed by atoms with E-state index in [0.29, 0.717) is 18.7 Å². The SMILES string of the molecule is CC1(C)CCN(S(=O)(=O)c2cc(CO)ccc2Cl)CCS1. The monoisotopic (exact) mass is 349 g/mol. The standard InChI is InChI=1S/C14H20ClNO3S2/c1-14(2)5-6-16(7-8-20-14)21(18,19)13-9-11(10-17)3-4-12(13)15/h3-4,9,17H,5-8,10H2,1-2H3. The molecule has 0 saturated carbocycles. The number of sulfonamides is 1. The smallest absolute Gasteiger partial charge is 0.244 e. The van der Waals surface area contributed by atoms with Crippen LogP contribution in [0.15, 0.2) is 23.1 Å². The number of aliphatic hydroxyl groups excluding tert-OH is 1. The van der Waals surface area contributed by atoms with Crippen LogP contribution >= 0.6 is 23.4 Å². The second kappa shape index (κ2) is 6.46. The summed E-state index contributed by atoms with van der Waals surface area (Å²) < 4.78 is 27.2. The third kappa shape index (κ3) is 3.93. The van der Waals surface area contributed by atoms with Gasteiger partial charge in [0.15, 0.2) is 0 Å². The minimum Gasteiger partial charge on any atom is -0.392 e. The molecule has 7 heteroatoms. The topological polar surface area (TPSA) is 57.6 Å². The molecule has 0 radical (unpaired) electrons. The zero-order chi connectivity index (χ0) is 15.7. The molecule has 0 aliphatic carbocycles. The highest BCUT2D eigenvalue weighted by Crippen LogP contribution is 2.33. The van der Waals surface area contributed by atoms with Gasteiger partial charge in [0.2, 0.25) is 10.0 Å². The Morgan fingerprint density at radius 3 is 2.76 bits per heavy atom. The van der Waals surface area contributed by atoms with Crippen molar-refractivity contribution in [3.8, 4) is 0 Å². The molecular formula is C14H20ClNO3S2. The first-order valence-electron chi connectivity index (χ1n) is 6.80. The molecule has 1 heterocycles. The predicted octanol–water partition coefficient (Wildman–Crippen LogP) is 2.74. The Bertz CT molecular complexity index is 617. The van der Waals surface area contributed by atoms with Crippen LogP contribution in [-0.2, 0) is 16.6 Å². The summed E-state index contributed by atoms with van der Waals surface area (Å²) in [6, 6.07) is 4.61. The fourth-order valence-electron chi connectivity index (χ4n) is 2.22. The lowest BCUT2D eigenvalue weighted by Crippen LogP contribution is -2.34. The number of thioether (sulfide) groups is 1. The molecule has 1 N–H and O–H groups in total. The van der Waals surface area contributed by atoms with E-state index in [1.54, 1.807) is 17.8 Å². The molecule has 0 unspecified atom stereocenters. The number of hydrogen-bond acceptors (Lipinski definition) is 4. The van der Waals surface area contributed by atoms with E-state index in [2.05, 4.69) is 13.8 Å². The summed E-state index contributed by atoms with van der Waals surface area (Å²) in [7, 11) is -3.62. The maximum absolute atomic E-state index is 12.8. The Kier molecular flexibility index (Phi) is 5.26. The second-order valence-electron chi connectivity index (χ2n) is 5.69. The van der Waals surface area contributed by atoms with Crippen LogP contribution in [0.1, 0.15) is 25.8 Å². The summed E-state index contributed by atoms with van der Waals surface area (Å²) in [6.07, 6.45) is 0.800. The molecule has 1 aliphatic rings. The van der Waals surface area contributed by atoms with Crippen molar-refractivity contribution in [2.45, 2.75) is 36.5 Å². The van der Waals surface area contributed by atoms with Crippen LogP contribution in [0.3, 0.4) is 0 Å². The highest BCUT2D eigenvalue weighted by atomic mass is 35.5. The first kappa shape index (κ1) is 17.1. The molecule has 1 aliphatic heterocycles. The molecule has 0 spiro atoms. The number of rotatable bonds is 3. The van der Waals surface area contributed by atoms with Crippen LogP contribution in [0, 0.1) is 0 Å². The fraction of sp³-hybridized carbons (Fsp3) is 0.571. The second-order valence-corrected chi connectivity index (χ2v) is 9.80. The van der Waals surface area contributed by atoms with Crippen molar-refractivity contribution in [3.05, 3.63) is 28.8 Å². The molecular weight excluding hydrogens is 330 g/mol. The Morgan fingerprint density at radius 1 is 1.38 bits per heavy atom. The van der Waals surface area contributed by atoms with E-state index >= 15 is 0 Å². The maximum Gasteiger partial charge on any atom is 0.244 e. The zero-order valence-corrected chi connectivity index (χ0v) is 14.6. The normalized spacial score (nSPS) is 20.2. The van der Waals surface area contributed by atoms with Crippen molar-refractivity contribution in [3.63, 3.8) is 0 Å². The molecule has 21 heavy (non-hydrogen) atoms. The highest BCUT2D eigenvalue weighted by Gasteiger charge is 2.32. The van der Waals surface area contributed by atoms with Gasteiger partial charge in [-0.2, -0.15) is 16.1 Å². The van der Waals surface area contributed by atoms with Crippen molar-refractivity contribution in [1.29, 1.82) is 0 Å². The van der Waals surface area contributed by atoms with E-state index in [0.717, 1.165) is 12.2 Å². The van der Waals surface area contributed by atoms with Crippen LogP contribution in [0.4, 0.5) is 0 Å². The lowest BCUT2D eigenvalue weighted by atomic mass is 10.1. The number of aliphatic hydroxyl groups is 1. The Labute approximate surface area is 135 Å². The van der Waals surface area contributed by atoms with Crippen molar-refractivity contribution in [2.75, 3.05) is 18.8 Å². The quantitative estimate of drug-likeness (QED) is 0.911. The van der Waals surface area contributed by atoms with E-state index in [-0.39, 0.29) is 21.3 Å². The first-order chi connectivity index (χ1) is 9.76. The van der Waals surface area contributed by atoms with Gasteiger partial charge in [0.25, 0.3) is 0 Å². The third-order valence-electron chi connectivity index (χ3n) is 3.59. The van der Waals surface area contributed by atoms with E-state index in [1.807, 2.05) is 0 Å². The molecule has 0 atom stereocenters. The summed E-state index contributed by atoms with van der Waals surface area (Å²) in [6.45, 7) is 5.03. The molecule has 1 saturated heterocycles. The molecule has 1 fully saturated rings. The molecule has 1 aromatic rings. The third-order valence-corrected chi connectivity index (χ3v) is 7.35. The summed E-state index contributed by atoms with van der Waals surface area (Å²) in [4.78, 5) is 0.0837. The predicted molar refractivity (Wildman–Crippen MR) is 87.3 cm³/mol. The van der Waals surface area contributed by atoms with Crippen molar-refractivity contribution in [1.82, 2.24) is 4.31 Å². The van der Waals surface area contributed by atoms with Crippen LogP contribution in [-0.4, -0.2) is 41.4 Å². The Hall–Kier alpha value is -0.270. The molecule has 118 valence electrons. The molecule has 2 rings (SSSR count). The van der Waals surface area contributed by atoms with Gasteiger partial charge >= 0.3 is 0 Å². The zero-order valence-electron chi connectivity index (χ0n) is 12.2. The van der Waals surface area contributed by atoms with Gasteiger partial charge in [-0.25, -0.2) is 8.42 Å². The molecule has 0 bridgehead atoms. The average Bonchev–Trinajstić information content (AvgIpc) is 2.60. The van der Waals surface area contributed by atoms with Crippen molar-refractivity contribution in [2.24, 2.45) is 0 Å². The van der Waals surface area contributed by atoms with Gasteiger partial charge in [0, 0.05) is 23.6 Å². The van der Waals surface area contributed by atoms with E-state index < -0.39 is 10.0 Å². The van der Waals surface area contributed by atoms with Crippen LogP contribution < -0.4 is 0 Å². The number of nitrogens with zero attached hydrogens (tertiary/aromatic N) is 1. The van der Waals surface area contributed by atoms with Gasteiger partial charge < -0.3 is 5.11 Å². The number of hydrogen-bond donors (Lipinski definition) is 1. The van der Waals surface area contributed by atoms with Gasteiger partial charge in [-0.15, -0.1) is 0 Å². The summed E-state index contributed by atoms with van der Waals surface area (Å²) >= 11 is 7.85. The molecule has 4 nitrogen and oxygen atoms in total. The van der Waals surface area contributed by atoms with E-state index in [4.69, 9.17) is 11.6 Å². The van der Waals surface area contributed by atoms with Crippen molar-refractivity contribution >= 4 is 33.4 Å². The lowest BCUT2D eigenvalue weighted by Gasteiger charge is -2.23. The first-order valence-corrected chi connectivity index (χ1v) is 9.60. The van der Waals surface area contributed by atoms with Crippen LogP contribution in [0.5, 0.6) is 0 Å². The largest absolute Gasteiger partial charge is 0.392 e. The van der Waals surface area contributed by atoms with Gasteiger partial charge in [-0.3, -0.25) is 0 Å². The summed E-state index contributed by atoms with van der Waals surface area (Å²) in [5.41, 5.74) is 0.544. The maximum atomic E-state index is 12.8. The summed E-state index contributed by atoms with van der Waals surface area (Å²) in [5, 5.41) is 9.39. The van der Waals surface area contributed by atoms with Gasteiger partial charge in [-0.1, -0.05) is 31.5 Å². The minimum atomic E-state index is -3.62. The Morgan fingerprint density at radius 2 is 2.10 bits per heavy atom. The number of halogens is 1. The van der Waals surface area contributed by atoms with Gasteiger partial charge in [0.1, 0.15) is 4.90 Å². The summed E-state index contributed by atoms with van der Waals surface area (Å²) in [5.74, 6) is 0.767. The van der Waals surface area contributed by atoms with E-state index in [1.165, 1.54) is 16.4 Å². The van der Waals surface area contributed by atoms with Crippen LogP contribution in [0.2, 0.25) is 5.02 Å². The van der Waals surface area contributed by atoms with Gasteiger partial charge in [0.05, 0.1) is 11.6 Å². The highest BCUT2D eigenvalue weighted by molar-refractivity contribution is 8.00. The molecule has 0 aromatic heterocycles. The van der Waals surface area contributed by atoms with E-state index in [9.17, 15) is 13.5 Å².